The summed E-state index contributed by atoms with van der Waals surface area (Å²) in [7, 11) is 0. The van der Waals surface area contributed by atoms with Gasteiger partial charge in [-0.2, -0.15) is 27.0 Å². The lowest BCUT2D eigenvalue weighted by atomic mass is 10.0. The first kappa shape index (κ1) is 43.4. The summed E-state index contributed by atoms with van der Waals surface area (Å²) in [5, 5.41) is 21.6. The van der Waals surface area contributed by atoms with E-state index in [0.29, 0.717) is 18.9 Å². The first-order valence-corrected chi connectivity index (χ1v) is 13.5. The summed E-state index contributed by atoms with van der Waals surface area (Å²) in [4.78, 5) is 20.9. The summed E-state index contributed by atoms with van der Waals surface area (Å²) in [6.07, 6.45) is 9.58. The Balaban J connectivity index is 0. The number of terminal acetylenes is 2. The number of carboxylic acid groups (broad SMARTS) is 2. The summed E-state index contributed by atoms with van der Waals surface area (Å²) in [6.45, 7) is 9.00. The molecule has 0 bridgehead atoms. The molecule has 0 aliphatic carbocycles. The monoisotopic (exact) mass is 651 g/mol. The number of carbonyl (C=O) groups excluding carboxylic acids is 1. The van der Waals surface area contributed by atoms with Crippen LogP contribution in [0.4, 0.5) is 0 Å². The number of hydrogen-bond donors (Lipinski definition) is 2. The van der Waals surface area contributed by atoms with Crippen molar-refractivity contribution in [2.75, 3.05) is 0 Å². The minimum absolute atomic E-state index is 0. The number of benzene rings is 2. The van der Waals surface area contributed by atoms with Crippen LogP contribution >= 0.6 is 27.0 Å². The van der Waals surface area contributed by atoms with Gasteiger partial charge in [0, 0.05) is 30.8 Å². The molecule has 246 valence electrons. The van der Waals surface area contributed by atoms with Gasteiger partial charge in [-0.15, -0.1) is 12.8 Å². The van der Waals surface area contributed by atoms with Crippen molar-refractivity contribution >= 4 is 49.7 Å². The third kappa shape index (κ3) is 14.8. The van der Waals surface area contributed by atoms with E-state index in [1.807, 2.05) is 0 Å². The van der Waals surface area contributed by atoms with Gasteiger partial charge in [-0.05, 0) is 45.4 Å². The molecule has 44 heavy (non-hydrogen) atoms. The van der Waals surface area contributed by atoms with Gasteiger partial charge >= 0.3 is 5.97 Å². The largest absolute Gasteiger partial charge is 0.550 e. The SMILES string of the molecule is C.C#C[C@@H]1C[C@H](CC(=O)O)OC(C)(C)O1.C#C[C@@H]1C[C@H](CC(=O)[O-])OC(C)(C)O1.C[C@@H]([NH3+])c1cccc2ccccc12.S.S. The average molecular weight is 652 g/mol. The molecule has 5 atom stereocenters. The van der Waals surface area contributed by atoms with Gasteiger partial charge in [0.05, 0.1) is 18.6 Å². The summed E-state index contributed by atoms with van der Waals surface area (Å²) in [5.74, 6) is 1.27. The van der Waals surface area contributed by atoms with Crippen LogP contribution < -0.4 is 10.8 Å². The number of carbonyl (C=O) groups is 2. The van der Waals surface area contributed by atoms with Crippen LogP contribution in [0.2, 0.25) is 0 Å². The highest BCUT2D eigenvalue weighted by Crippen LogP contribution is 2.29. The van der Waals surface area contributed by atoms with Gasteiger partial charge in [-0.25, -0.2) is 0 Å². The van der Waals surface area contributed by atoms with Crippen LogP contribution in [-0.2, 0) is 28.5 Å². The van der Waals surface area contributed by atoms with Gasteiger partial charge in [0.15, 0.2) is 11.6 Å². The minimum Gasteiger partial charge on any atom is -0.550 e. The number of fused-ring (bicyclic) bond motifs is 1. The van der Waals surface area contributed by atoms with Crippen LogP contribution in [0, 0.1) is 24.7 Å². The zero-order valence-corrected chi connectivity index (χ0v) is 27.4. The Hall–Kier alpha value is -2.74. The summed E-state index contributed by atoms with van der Waals surface area (Å²) in [5.41, 5.74) is 5.39. The highest BCUT2D eigenvalue weighted by molar-refractivity contribution is 7.59. The van der Waals surface area contributed by atoms with Crippen molar-refractivity contribution in [1.82, 2.24) is 0 Å². The second-order valence-corrected chi connectivity index (χ2v) is 10.9. The molecule has 4 rings (SSSR count). The molecule has 0 saturated carbocycles. The van der Waals surface area contributed by atoms with E-state index in [4.69, 9.17) is 36.9 Å². The highest BCUT2D eigenvalue weighted by Gasteiger charge is 2.36. The van der Waals surface area contributed by atoms with Crippen LogP contribution in [-0.4, -0.2) is 53.0 Å². The van der Waals surface area contributed by atoms with E-state index in [9.17, 15) is 14.7 Å². The molecule has 11 heteroatoms. The smallest absolute Gasteiger partial charge is 0.305 e. The summed E-state index contributed by atoms with van der Waals surface area (Å²) >= 11 is 0. The Morgan fingerprint density at radius 3 is 1.80 bits per heavy atom. The van der Waals surface area contributed by atoms with Gasteiger partial charge < -0.3 is 39.7 Å². The lowest BCUT2D eigenvalue weighted by Crippen LogP contribution is -2.51. The van der Waals surface area contributed by atoms with E-state index in [0.717, 1.165) is 0 Å². The molecule has 0 aromatic heterocycles. The lowest BCUT2D eigenvalue weighted by molar-refractivity contribution is -0.420. The second-order valence-electron chi connectivity index (χ2n) is 10.9. The Morgan fingerprint density at radius 2 is 1.36 bits per heavy atom. The molecule has 2 saturated heterocycles. The molecule has 0 amide bonds. The maximum atomic E-state index is 10.5. The fourth-order valence-corrected chi connectivity index (χ4v) is 4.73. The zero-order valence-electron chi connectivity index (χ0n) is 25.4. The molecule has 2 aliphatic heterocycles. The number of hydrogen-bond acceptors (Lipinski definition) is 7. The van der Waals surface area contributed by atoms with Crippen LogP contribution in [0.15, 0.2) is 42.5 Å². The van der Waals surface area contributed by atoms with Crippen molar-refractivity contribution in [3.63, 3.8) is 0 Å². The number of aliphatic carboxylic acids is 2. The molecular weight excluding hydrogens is 602 g/mol. The molecule has 2 aromatic carbocycles. The first-order chi connectivity index (χ1) is 19.1. The molecule has 2 fully saturated rings. The Kier molecular flexibility index (Phi) is 19.3. The second kappa shape index (κ2) is 19.6. The van der Waals surface area contributed by atoms with Crippen molar-refractivity contribution in [3.8, 4) is 24.7 Å². The standard InChI is InChI=1S/C12H13N.2C10H14O4.CH4.2H2S/c1-9(13)11-8-4-6-10-5-2-3-7-12(10)11;2*1-4-7-5-8(6-9(11)12)14-10(2,3)13-7;;;/h2-9H,13H2,1H3;2*1,7-8H,5-6H2,2-3H3,(H,11,12);1H4;2*1H2/t9-;2*7-,8-;;;/m111.../s1. The molecule has 0 unspecified atom stereocenters. The van der Waals surface area contributed by atoms with Crippen LogP contribution in [0.3, 0.4) is 0 Å². The Bertz CT molecular complexity index is 1210. The molecule has 2 aromatic rings. The van der Waals surface area contributed by atoms with Crippen molar-refractivity contribution in [2.24, 2.45) is 0 Å². The zero-order chi connectivity index (χ0) is 30.8. The molecule has 2 heterocycles. The predicted molar refractivity (Wildman–Crippen MR) is 179 cm³/mol. The Morgan fingerprint density at radius 1 is 0.909 bits per heavy atom. The number of carboxylic acids is 2. The van der Waals surface area contributed by atoms with Gasteiger partial charge in [0.2, 0.25) is 0 Å². The van der Waals surface area contributed by atoms with E-state index >= 15 is 0 Å². The molecule has 0 spiro atoms. The van der Waals surface area contributed by atoms with E-state index < -0.39 is 29.6 Å². The third-order valence-corrected chi connectivity index (χ3v) is 6.23. The predicted octanol–water partition coefficient (Wildman–Crippen LogP) is 3.68. The number of ether oxygens (including phenoxy) is 4. The molecule has 4 N–H and O–H groups in total. The van der Waals surface area contributed by atoms with Gasteiger partial charge in [-0.1, -0.05) is 61.7 Å². The maximum Gasteiger partial charge on any atom is 0.305 e. The molecule has 2 aliphatic rings. The van der Waals surface area contributed by atoms with E-state index in [2.05, 4.69) is 67.0 Å². The topological polar surface area (TPSA) is 142 Å². The quantitative estimate of drug-likeness (QED) is 0.467. The van der Waals surface area contributed by atoms with Crippen molar-refractivity contribution in [1.29, 1.82) is 0 Å². The van der Waals surface area contributed by atoms with E-state index in [1.165, 1.54) is 16.3 Å². The molecule has 0 radical (unpaired) electrons. The van der Waals surface area contributed by atoms with Gasteiger partial charge in [-0.3, -0.25) is 4.79 Å². The fourth-order valence-electron chi connectivity index (χ4n) is 4.73. The maximum absolute atomic E-state index is 10.5. The molecule has 9 nitrogen and oxygen atoms in total. The minimum atomic E-state index is -1.14. The lowest BCUT2D eigenvalue weighted by Gasteiger charge is -2.39. The first-order valence-electron chi connectivity index (χ1n) is 13.5. The van der Waals surface area contributed by atoms with Gasteiger partial charge in [0.25, 0.3) is 0 Å². The molecular formula is C33H49NO8S2. The number of rotatable bonds is 5. The average Bonchev–Trinajstić information content (AvgIpc) is 2.86. The van der Waals surface area contributed by atoms with E-state index in [1.54, 1.807) is 27.7 Å². The van der Waals surface area contributed by atoms with Crippen molar-refractivity contribution < 1.29 is 44.5 Å². The van der Waals surface area contributed by atoms with Crippen LogP contribution in [0.1, 0.15) is 79.3 Å². The van der Waals surface area contributed by atoms with Gasteiger partial charge in [0.1, 0.15) is 18.2 Å². The fraction of sp³-hybridized carbons (Fsp3) is 0.515. The van der Waals surface area contributed by atoms with Crippen molar-refractivity contribution in [2.45, 2.75) is 110 Å². The van der Waals surface area contributed by atoms with E-state index in [-0.39, 0.29) is 65.6 Å². The summed E-state index contributed by atoms with van der Waals surface area (Å²) in [6, 6.07) is 15.2. The summed E-state index contributed by atoms with van der Waals surface area (Å²) < 4.78 is 21.5. The normalized spacial score (nSPS) is 23.4. The third-order valence-electron chi connectivity index (χ3n) is 6.23. The highest BCUT2D eigenvalue weighted by atomic mass is 32.1. The van der Waals surface area contributed by atoms with Crippen LogP contribution in [0.25, 0.3) is 10.8 Å². The number of quaternary nitrogens is 1. The Labute approximate surface area is 276 Å². The van der Waals surface area contributed by atoms with Crippen LogP contribution in [0.5, 0.6) is 0 Å². The van der Waals surface area contributed by atoms with Crippen molar-refractivity contribution in [3.05, 3.63) is 48.0 Å².